The normalized spacial score (nSPS) is 18.9. The van der Waals surface area contributed by atoms with Crippen molar-refractivity contribution in [1.82, 2.24) is 10.2 Å². The molecule has 0 radical (unpaired) electrons. The quantitative estimate of drug-likeness (QED) is 0.522. The molecule has 1 N–H and O–H groups in total. The molecule has 0 spiro atoms. The summed E-state index contributed by atoms with van der Waals surface area (Å²) in [6.45, 7) is 1.42. The van der Waals surface area contributed by atoms with E-state index in [1.165, 1.54) is 0 Å². The number of carbonyl (C=O) groups excluding carboxylic acids is 3. The molecule has 1 aliphatic rings. The Balaban J connectivity index is 1.66. The summed E-state index contributed by atoms with van der Waals surface area (Å²) in [7, 11) is 1.60. The third-order valence-electron chi connectivity index (χ3n) is 4.87. The van der Waals surface area contributed by atoms with Crippen LogP contribution in [0.25, 0.3) is 0 Å². The maximum atomic E-state index is 12.9. The highest BCUT2D eigenvalue weighted by Gasteiger charge is 2.47. The highest BCUT2D eigenvalue weighted by molar-refractivity contribution is 9.10. The zero-order valence-corrected chi connectivity index (χ0v) is 17.3. The molecule has 7 heteroatoms. The summed E-state index contributed by atoms with van der Waals surface area (Å²) < 4.78 is 5.90. The van der Waals surface area contributed by atoms with Gasteiger partial charge in [0, 0.05) is 10.0 Å². The fourth-order valence-electron chi connectivity index (χ4n) is 3.14. The predicted octanol–water partition coefficient (Wildman–Crippen LogP) is 3.58. The molecule has 0 saturated carbocycles. The van der Waals surface area contributed by atoms with Crippen molar-refractivity contribution in [2.24, 2.45) is 0 Å². The lowest BCUT2D eigenvalue weighted by molar-refractivity contribution is -0.130. The van der Waals surface area contributed by atoms with Gasteiger partial charge in [0.25, 0.3) is 5.91 Å². The third kappa shape index (κ3) is 4.25. The van der Waals surface area contributed by atoms with Crippen LogP contribution in [0, 0.1) is 0 Å². The Labute approximate surface area is 172 Å². The molecule has 146 valence electrons. The smallest absolute Gasteiger partial charge is 0.325 e. The first-order chi connectivity index (χ1) is 13.3. The molecule has 1 fully saturated rings. The first-order valence-electron chi connectivity index (χ1n) is 8.88. The van der Waals surface area contributed by atoms with Crippen LogP contribution in [-0.4, -0.2) is 41.8 Å². The number of urea groups is 1. The molecule has 1 unspecified atom stereocenters. The number of imide groups is 1. The van der Waals surface area contributed by atoms with Gasteiger partial charge in [-0.3, -0.25) is 14.5 Å². The Morgan fingerprint density at radius 3 is 2.54 bits per heavy atom. The number of ketones is 1. The summed E-state index contributed by atoms with van der Waals surface area (Å²) in [5, 5.41) is 2.74. The van der Waals surface area contributed by atoms with E-state index in [0.29, 0.717) is 18.4 Å². The monoisotopic (exact) mass is 444 g/mol. The van der Waals surface area contributed by atoms with Crippen molar-refractivity contribution >= 4 is 33.7 Å². The highest BCUT2D eigenvalue weighted by Crippen LogP contribution is 2.24. The number of nitrogens with zero attached hydrogens (tertiary/aromatic N) is 1. The van der Waals surface area contributed by atoms with E-state index in [0.717, 1.165) is 20.7 Å². The Kier molecular flexibility index (Phi) is 5.84. The number of rotatable bonds is 7. The van der Waals surface area contributed by atoms with Crippen LogP contribution in [0.4, 0.5) is 4.79 Å². The number of aryl methyl sites for hydroxylation is 1. The van der Waals surface area contributed by atoms with Crippen LogP contribution in [0.3, 0.4) is 0 Å². The second kappa shape index (κ2) is 8.14. The molecule has 3 rings (SSSR count). The van der Waals surface area contributed by atoms with E-state index < -0.39 is 11.6 Å². The molecular formula is C21H21BrN2O4. The fraction of sp³-hybridized carbons (Fsp3) is 0.286. The average Bonchev–Trinajstić information content (AvgIpc) is 2.90. The maximum absolute atomic E-state index is 12.9. The summed E-state index contributed by atoms with van der Waals surface area (Å²) in [5.41, 5.74) is 0.448. The number of carbonyl (C=O) groups is 3. The van der Waals surface area contributed by atoms with Crippen LogP contribution in [0.15, 0.2) is 53.0 Å². The molecule has 1 atom stereocenters. The number of amides is 3. The van der Waals surface area contributed by atoms with Gasteiger partial charge in [-0.2, -0.15) is 0 Å². The summed E-state index contributed by atoms with van der Waals surface area (Å²) in [6, 6.07) is 13.9. The van der Waals surface area contributed by atoms with Crippen molar-refractivity contribution in [2.75, 3.05) is 13.7 Å². The van der Waals surface area contributed by atoms with Gasteiger partial charge in [-0.25, -0.2) is 4.79 Å². The van der Waals surface area contributed by atoms with E-state index in [1.807, 2.05) is 24.3 Å². The van der Waals surface area contributed by atoms with Gasteiger partial charge >= 0.3 is 6.03 Å². The van der Waals surface area contributed by atoms with E-state index >= 15 is 0 Å². The van der Waals surface area contributed by atoms with Crippen LogP contribution in [-0.2, 0) is 11.2 Å². The number of Topliss-reactive ketones (excluding diaryl/α,β-unsaturated/α-hetero) is 1. The first kappa shape index (κ1) is 20.1. The van der Waals surface area contributed by atoms with Crippen LogP contribution in [0.2, 0.25) is 0 Å². The van der Waals surface area contributed by atoms with Gasteiger partial charge in [0.05, 0.1) is 13.7 Å². The summed E-state index contributed by atoms with van der Waals surface area (Å²) in [6.07, 6.45) is 1.05. The number of ether oxygens (including phenoxy) is 1. The Hall–Kier alpha value is -2.67. The van der Waals surface area contributed by atoms with Gasteiger partial charge in [-0.05, 0) is 49.6 Å². The molecule has 28 heavy (non-hydrogen) atoms. The number of nitrogens with one attached hydrogen (secondary N) is 1. The molecule has 2 aromatic rings. The third-order valence-corrected chi connectivity index (χ3v) is 5.36. The highest BCUT2D eigenvalue weighted by atomic mass is 79.9. The van der Waals surface area contributed by atoms with E-state index in [4.69, 9.17) is 4.74 Å². The fourth-order valence-corrected chi connectivity index (χ4v) is 3.54. The number of benzene rings is 2. The standard InChI is InChI=1S/C21H21BrN2O4/c1-21(11-10-14-6-8-17(28-2)9-7-14)19(26)24(20(27)23-21)13-18(25)15-4-3-5-16(22)12-15/h3-9,12H,10-11,13H2,1-2H3,(H,23,27). The zero-order chi connectivity index (χ0) is 20.3. The van der Waals surface area contributed by atoms with Crippen molar-refractivity contribution in [2.45, 2.75) is 25.3 Å². The van der Waals surface area contributed by atoms with Crippen molar-refractivity contribution in [3.8, 4) is 5.75 Å². The first-order valence-corrected chi connectivity index (χ1v) is 9.67. The number of halogens is 1. The summed E-state index contributed by atoms with van der Waals surface area (Å²) >= 11 is 3.32. The predicted molar refractivity (Wildman–Crippen MR) is 108 cm³/mol. The van der Waals surface area contributed by atoms with E-state index in [1.54, 1.807) is 38.3 Å². The van der Waals surface area contributed by atoms with Crippen LogP contribution in [0.5, 0.6) is 5.75 Å². The molecule has 6 nitrogen and oxygen atoms in total. The molecule has 1 aliphatic heterocycles. The summed E-state index contributed by atoms with van der Waals surface area (Å²) in [4.78, 5) is 38.7. The van der Waals surface area contributed by atoms with E-state index in [-0.39, 0.29) is 18.2 Å². The van der Waals surface area contributed by atoms with Gasteiger partial charge < -0.3 is 10.1 Å². The van der Waals surface area contributed by atoms with Crippen LogP contribution in [0.1, 0.15) is 29.3 Å². The number of methoxy groups -OCH3 is 1. The largest absolute Gasteiger partial charge is 0.497 e. The topological polar surface area (TPSA) is 75.7 Å². The summed E-state index contributed by atoms with van der Waals surface area (Å²) in [5.74, 6) is 0.0935. The number of hydrogen-bond donors (Lipinski definition) is 1. The van der Waals surface area contributed by atoms with Gasteiger partial charge in [-0.1, -0.05) is 40.2 Å². The van der Waals surface area contributed by atoms with Crippen LogP contribution >= 0.6 is 15.9 Å². The zero-order valence-electron chi connectivity index (χ0n) is 15.7. The molecule has 3 amide bonds. The lowest BCUT2D eigenvalue weighted by Crippen LogP contribution is -2.44. The molecule has 0 aliphatic carbocycles. The van der Waals surface area contributed by atoms with Gasteiger partial charge in [-0.15, -0.1) is 0 Å². The van der Waals surface area contributed by atoms with E-state index in [2.05, 4.69) is 21.2 Å². The minimum Gasteiger partial charge on any atom is -0.497 e. The van der Waals surface area contributed by atoms with Crippen molar-refractivity contribution in [1.29, 1.82) is 0 Å². The number of hydrogen-bond acceptors (Lipinski definition) is 4. The SMILES string of the molecule is COc1ccc(CCC2(C)NC(=O)N(CC(=O)c3cccc(Br)c3)C2=O)cc1. The lowest BCUT2D eigenvalue weighted by Gasteiger charge is -2.21. The van der Waals surface area contributed by atoms with Gasteiger partial charge in [0.15, 0.2) is 5.78 Å². The van der Waals surface area contributed by atoms with Crippen molar-refractivity contribution in [3.05, 3.63) is 64.1 Å². The van der Waals surface area contributed by atoms with Gasteiger partial charge in [0.1, 0.15) is 11.3 Å². The van der Waals surface area contributed by atoms with E-state index in [9.17, 15) is 14.4 Å². The van der Waals surface area contributed by atoms with Crippen LogP contribution < -0.4 is 10.1 Å². The Morgan fingerprint density at radius 1 is 1.18 bits per heavy atom. The Morgan fingerprint density at radius 2 is 1.89 bits per heavy atom. The molecule has 0 bridgehead atoms. The van der Waals surface area contributed by atoms with Gasteiger partial charge in [0.2, 0.25) is 0 Å². The second-order valence-electron chi connectivity index (χ2n) is 6.94. The second-order valence-corrected chi connectivity index (χ2v) is 7.85. The molecular weight excluding hydrogens is 424 g/mol. The lowest BCUT2D eigenvalue weighted by atomic mass is 9.93. The minimum absolute atomic E-state index is 0.279. The molecule has 1 saturated heterocycles. The molecule has 2 aromatic carbocycles. The molecule has 0 aromatic heterocycles. The van der Waals surface area contributed by atoms with Crippen molar-refractivity contribution < 1.29 is 19.1 Å². The average molecular weight is 445 g/mol. The molecule has 1 heterocycles. The van der Waals surface area contributed by atoms with Crippen molar-refractivity contribution in [3.63, 3.8) is 0 Å². The Bertz CT molecular complexity index is 913. The minimum atomic E-state index is -1.03. The maximum Gasteiger partial charge on any atom is 0.325 e.